The van der Waals surface area contributed by atoms with Gasteiger partial charge in [0.25, 0.3) is 5.95 Å². The van der Waals surface area contributed by atoms with Crippen molar-refractivity contribution in [2.75, 3.05) is 11.1 Å². The number of Topliss-reactive ketones (excluding diaryl/α,β-unsaturated/α-hetero) is 1. The van der Waals surface area contributed by atoms with Crippen LogP contribution >= 0.6 is 0 Å². The van der Waals surface area contributed by atoms with Gasteiger partial charge in [0.2, 0.25) is 0 Å². The van der Waals surface area contributed by atoms with Crippen molar-refractivity contribution in [1.82, 2.24) is 10.1 Å². The van der Waals surface area contributed by atoms with Crippen LogP contribution in [0, 0.1) is 11.8 Å². The van der Waals surface area contributed by atoms with E-state index in [-0.39, 0.29) is 35.6 Å². The fourth-order valence-electron chi connectivity index (χ4n) is 1.51. The average molecular weight is 240 g/mol. The molecule has 0 saturated carbocycles. The van der Waals surface area contributed by atoms with Gasteiger partial charge < -0.3 is 15.6 Å². The van der Waals surface area contributed by atoms with Crippen molar-refractivity contribution in [1.29, 1.82) is 0 Å². The lowest BCUT2D eigenvalue weighted by molar-refractivity contribution is -0.124. The maximum absolute atomic E-state index is 12.1. The van der Waals surface area contributed by atoms with Crippen LogP contribution in [0.1, 0.15) is 34.1 Å². The number of carbonyl (C=O) groups excluding carboxylic acids is 1. The molecule has 0 saturated heterocycles. The van der Waals surface area contributed by atoms with Crippen LogP contribution in [0.2, 0.25) is 0 Å². The molecule has 6 heteroatoms. The summed E-state index contributed by atoms with van der Waals surface area (Å²) in [6.07, 6.45) is 0.818. The summed E-state index contributed by atoms with van der Waals surface area (Å²) < 4.78 is 4.65. The quantitative estimate of drug-likeness (QED) is 0.786. The lowest BCUT2D eigenvalue weighted by Crippen LogP contribution is -2.38. The Balaban J connectivity index is 2.76. The van der Waals surface area contributed by atoms with Crippen molar-refractivity contribution < 1.29 is 9.32 Å². The number of aromatic nitrogens is 2. The van der Waals surface area contributed by atoms with Crippen LogP contribution in [-0.2, 0) is 4.79 Å². The first-order valence-corrected chi connectivity index (χ1v) is 5.85. The van der Waals surface area contributed by atoms with Gasteiger partial charge in [-0.2, -0.15) is 4.98 Å². The molecule has 2 atom stereocenters. The molecule has 0 aromatic carbocycles. The molecule has 0 fully saturated rings. The van der Waals surface area contributed by atoms with E-state index in [0.717, 1.165) is 6.42 Å². The van der Waals surface area contributed by atoms with E-state index in [0.29, 0.717) is 0 Å². The number of nitrogens with zero attached hydrogens (tertiary/aromatic N) is 2. The Morgan fingerprint density at radius 2 is 2.12 bits per heavy atom. The number of hydrogen-bond donors (Lipinski definition) is 2. The summed E-state index contributed by atoms with van der Waals surface area (Å²) in [6, 6.07) is -0.326. The summed E-state index contributed by atoms with van der Waals surface area (Å²) in [6.45, 7) is 7.86. The van der Waals surface area contributed by atoms with Crippen LogP contribution < -0.4 is 11.1 Å². The monoisotopic (exact) mass is 240 g/mol. The van der Waals surface area contributed by atoms with E-state index in [1.807, 2.05) is 27.7 Å². The van der Waals surface area contributed by atoms with E-state index in [2.05, 4.69) is 20.0 Å². The number of nitrogen functional groups attached to an aromatic ring is 1. The van der Waals surface area contributed by atoms with Crippen LogP contribution in [0.5, 0.6) is 0 Å². The van der Waals surface area contributed by atoms with Crippen molar-refractivity contribution in [3.05, 3.63) is 0 Å². The Morgan fingerprint density at radius 3 is 2.53 bits per heavy atom. The van der Waals surface area contributed by atoms with Gasteiger partial charge >= 0.3 is 6.01 Å². The predicted molar refractivity (Wildman–Crippen MR) is 65.4 cm³/mol. The normalized spacial score (nSPS) is 14.6. The van der Waals surface area contributed by atoms with Gasteiger partial charge in [0.15, 0.2) is 5.78 Å². The molecule has 0 aliphatic heterocycles. The lowest BCUT2D eigenvalue weighted by atomic mass is 9.91. The third kappa shape index (κ3) is 3.44. The Labute approximate surface area is 101 Å². The SMILES string of the molecule is CCC(C)C(=O)C(Nc1noc(N)n1)C(C)C. The number of rotatable bonds is 6. The zero-order chi connectivity index (χ0) is 13.0. The highest BCUT2D eigenvalue weighted by molar-refractivity contribution is 5.88. The first-order valence-electron chi connectivity index (χ1n) is 5.85. The summed E-state index contributed by atoms with van der Waals surface area (Å²) in [4.78, 5) is 16.0. The standard InChI is InChI=1S/C11H20N4O2/c1-5-7(4)9(16)8(6(2)3)13-11-14-10(12)17-15-11/h6-8H,5H2,1-4H3,(H3,12,13,14,15). The highest BCUT2D eigenvalue weighted by Gasteiger charge is 2.26. The van der Waals surface area contributed by atoms with Crippen LogP contribution in [0.4, 0.5) is 12.0 Å². The summed E-state index contributed by atoms with van der Waals surface area (Å²) >= 11 is 0. The first-order chi connectivity index (χ1) is 7.95. The largest absolute Gasteiger partial charge is 0.351 e. The van der Waals surface area contributed by atoms with E-state index in [4.69, 9.17) is 5.73 Å². The summed E-state index contributed by atoms with van der Waals surface area (Å²) in [7, 11) is 0. The average Bonchev–Trinajstić information content (AvgIpc) is 2.69. The molecular weight excluding hydrogens is 220 g/mol. The molecule has 2 unspecified atom stereocenters. The number of nitrogens with one attached hydrogen (secondary N) is 1. The van der Waals surface area contributed by atoms with Gasteiger partial charge in [-0.1, -0.05) is 27.7 Å². The topological polar surface area (TPSA) is 94.0 Å². The molecule has 0 amide bonds. The predicted octanol–water partition coefficient (Wildman–Crippen LogP) is 1.70. The number of anilines is 2. The zero-order valence-corrected chi connectivity index (χ0v) is 10.7. The highest BCUT2D eigenvalue weighted by Crippen LogP contribution is 2.16. The molecule has 0 aliphatic rings. The third-order valence-electron chi connectivity index (χ3n) is 2.80. The highest BCUT2D eigenvalue weighted by atomic mass is 16.5. The second kappa shape index (κ2) is 5.65. The number of nitrogens with two attached hydrogens (primary N) is 1. The minimum absolute atomic E-state index is 0.00834. The van der Waals surface area contributed by atoms with Crippen molar-refractivity contribution in [3.8, 4) is 0 Å². The maximum Gasteiger partial charge on any atom is 0.320 e. The number of ketones is 1. The molecule has 0 spiro atoms. The van der Waals surface area contributed by atoms with Crippen LogP contribution in [0.3, 0.4) is 0 Å². The van der Waals surface area contributed by atoms with Gasteiger partial charge in [0.1, 0.15) is 0 Å². The van der Waals surface area contributed by atoms with Gasteiger partial charge in [-0.05, 0) is 17.5 Å². The van der Waals surface area contributed by atoms with Crippen molar-refractivity contribution in [3.63, 3.8) is 0 Å². The van der Waals surface area contributed by atoms with Crippen LogP contribution in [-0.4, -0.2) is 22.0 Å². The molecule has 0 aliphatic carbocycles. The van der Waals surface area contributed by atoms with Crippen molar-refractivity contribution in [2.24, 2.45) is 11.8 Å². The fraction of sp³-hybridized carbons (Fsp3) is 0.727. The van der Waals surface area contributed by atoms with Gasteiger partial charge in [-0.3, -0.25) is 4.79 Å². The minimum atomic E-state index is -0.318. The molecule has 17 heavy (non-hydrogen) atoms. The molecule has 96 valence electrons. The third-order valence-corrected chi connectivity index (χ3v) is 2.80. The Hall–Kier alpha value is -1.59. The Morgan fingerprint density at radius 1 is 1.47 bits per heavy atom. The maximum atomic E-state index is 12.1. The Bertz CT molecular complexity index is 375. The lowest BCUT2D eigenvalue weighted by Gasteiger charge is -2.22. The van der Waals surface area contributed by atoms with Crippen LogP contribution in [0.15, 0.2) is 4.52 Å². The molecule has 3 N–H and O–H groups in total. The van der Waals surface area contributed by atoms with Gasteiger partial charge in [0, 0.05) is 5.92 Å². The zero-order valence-electron chi connectivity index (χ0n) is 10.7. The van der Waals surface area contributed by atoms with Gasteiger partial charge in [0.05, 0.1) is 6.04 Å². The molecule has 0 radical (unpaired) electrons. The number of hydrogen-bond acceptors (Lipinski definition) is 6. The van der Waals surface area contributed by atoms with Gasteiger partial charge in [-0.25, -0.2) is 0 Å². The van der Waals surface area contributed by atoms with Crippen molar-refractivity contribution >= 4 is 17.7 Å². The summed E-state index contributed by atoms with van der Waals surface area (Å²) in [5, 5.41) is 6.60. The molecule has 6 nitrogen and oxygen atoms in total. The smallest absolute Gasteiger partial charge is 0.320 e. The fourth-order valence-corrected chi connectivity index (χ4v) is 1.51. The Kier molecular flexibility index (Phi) is 4.48. The minimum Gasteiger partial charge on any atom is -0.351 e. The molecule has 1 heterocycles. The molecule has 0 bridgehead atoms. The van der Waals surface area contributed by atoms with E-state index in [1.165, 1.54) is 0 Å². The molecule has 1 aromatic rings. The van der Waals surface area contributed by atoms with Gasteiger partial charge in [-0.15, -0.1) is 0 Å². The molecule has 1 aromatic heterocycles. The first kappa shape index (κ1) is 13.5. The number of carbonyl (C=O) groups is 1. The molecular formula is C11H20N4O2. The van der Waals surface area contributed by atoms with Crippen LogP contribution in [0.25, 0.3) is 0 Å². The molecule has 1 rings (SSSR count). The second-order valence-corrected chi connectivity index (χ2v) is 4.53. The van der Waals surface area contributed by atoms with E-state index < -0.39 is 0 Å². The van der Waals surface area contributed by atoms with E-state index >= 15 is 0 Å². The second-order valence-electron chi connectivity index (χ2n) is 4.53. The van der Waals surface area contributed by atoms with E-state index in [9.17, 15) is 4.79 Å². The van der Waals surface area contributed by atoms with E-state index in [1.54, 1.807) is 0 Å². The summed E-state index contributed by atoms with van der Waals surface area (Å²) in [5.74, 6) is 0.582. The van der Waals surface area contributed by atoms with Crippen molar-refractivity contribution in [2.45, 2.75) is 40.2 Å². The summed E-state index contributed by atoms with van der Waals surface area (Å²) in [5.41, 5.74) is 5.33.